The van der Waals surface area contributed by atoms with E-state index in [-0.39, 0.29) is 4.90 Å². The predicted octanol–water partition coefficient (Wildman–Crippen LogP) is 3.54. The van der Waals surface area contributed by atoms with Crippen LogP contribution in [0.2, 0.25) is 0 Å². The first kappa shape index (κ1) is 17.1. The van der Waals surface area contributed by atoms with Crippen molar-refractivity contribution >= 4 is 20.9 Å². The topological polar surface area (TPSA) is 62.4 Å². The molecule has 0 saturated carbocycles. The van der Waals surface area contributed by atoms with Gasteiger partial charge in [-0.05, 0) is 48.7 Å². The van der Waals surface area contributed by atoms with Gasteiger partial charge in [0.1, 0.15) is 10.6 Å². The maximum Gasteiger partial charge on any atom is 0.247 e. The third kappa shape index (κ3) is 2.61. The number of hydrogen-bond donors (Lipinski definition) is 1. The average molecular weight is 370 g/mol. The second-order valence-corrected chi connectivity index (χ2v) is 8.71. The molecule has 0 spiro atoms. The minimum absolute atomic E-state index is 0.242. The van der Waals surface area contributed by atoms with E-state index in [1.165, 1.54) is 7.11 Å². The molecule has 3 aromatic rings. The van der Waals surface area contributed by atoms with Crippen molar-refractivity contribution in [3.63, 3.8) is 0 Å². The summed E-state index contributed by atoms with van der Waals surface area (Å²) in [5.41, 5.74) is 5.20. The zero-order valence-electron chi connectivity index (χ0n) is 15.2. The van der Waals surface area contributed by atoms with Gasteiger partial charge in [0.05, 0.1) is 7.11 Å². The average Bonchev–Trinajstić information content (AvgIpc) is 3.01. The summed E-state index contributed by atoms with van der Waals surface area (Å²) in [7, 11) is -2.13. The number of methoxy groups -OCH3 is 1. The van der Waals surface area contributed by atoms with Crippen molar-refractivity contribution in [3.8, 4) is 5.75 Å². The van der Waals surface area contributed by atoms with Gasteiger partial charge >= 0.3 is 0 Å². The number of rotatable bonds is 3. The molecule has 0 atom stereocenters. The molecule has 0 bridgehead atoms. The van der Waals surface area contributed by atoms with Crippen molar-refractivity contribution in [3.05, 3.63) is 58.8 Å². The van der Waals surface area contributed by atoms with Gasteiger partial charge in [0.2, 0.25) is 10.0 Å². The van der Waals surface area contributed by atoms with E-state index in [0.717, 1.165) is 33.3 Å². The second-order valence-electron chi connectivity index (χ2n) is 6.80. The SMILES string of the molecule is COc1cc(C)c(C)cc1S(=O)(=O)N1CCc2[nH]c3ccccc3c2C1. The molecule has 0 saturated heterocycles. The van der Waals surface area contributed by atoms with Crippen molar-refractivity contribution < 1.29 is 13.2 Å². The summed E-state index contributed by atoms with van der Waals surface area (Å²) in [5.74, 6) is 0.401. The van der Waals surface area contributed by atoms with Crippen LogP contribution < -0.4 is 4.74 Å². The van der Waals surface area contributed by atoms with Crippen LogP contribution in [0, 0.1) is 13.8 Å². The molecule has 136 valence electrons. The molecular weight excluding hydrogens is 348 g/mol. The Bertz CT molecular complexity index is 1100. The number of benzene rings is 2. The molecule has 1 N–H and O–H groups in total. The Hall–Kier alpha value is -2.31. The monoisotopic (exact) mass is 370 g/mol. The molecule has 1 aromatic heterocycles. The maximum absolute atomic E-state index is 13.3. The Morgan fingerprint density at radius 3 is 2.62 bits per heavy atom. The number of aryl methyl sites for hydroxylation is 2. The van der Waals surface area contributed by atoms with Crippen LogP contribution in [0.15, 0.2) is 41.3 Å². The number of hydrogen-bond acceptors (Lipinski definition) is 3. The quantitative estimate of drug-likeness (QED) is 0.767. The van der Waals surface area contributed by atoms with E-state index < -0.39 is 10.0 Å². The molecule has 0 unspecified atom stereocenters. The Morgan fingerprint density at radius 2 is 1.85 bits per heavy atom. The molecule has 0 radical (unpaired) electrons. The highest BCUT2D eigenvalue weighted by molar-refractivity contribution is 7.89. The number of aromatic amines is 1. The molecule has 2 heterocycles. The number of para-hydroxylation sites is 1. The van der Waals surface area contributed by atoms with E-state index in [0.29, 0.717) is 25.3 Å². The molecule has 1 aliphatic rings. The van der Waals surface area contributed by atoms with E-state index in [4.69, 9.17) is 4.74 Å². The van der Waals surface area contributed by atoms with Crippen molar-refractivity contribution in [1.82, 2.24) is 9.29 Å². The highest BCUT2D eigenvalue weighted by Crippen LogP contribution is 2.34. The van der Waals surface area contributed by atoms with Crippen molar-refractivity contribution in [2.75, 3.05) is 13.7 Å². The van der Waals surface area contributed by atoms with Gasteiger partial charge in [0.25, 0.3) is 0 Å². The number of nitrogens with zero attached hydrogens (tertiary/aromatic N) is 1. The van der Waals surface area contributed by atoms with Crippen LogP contribution in [-0.4, -0.2) is 31.4 Å². The second kappa shape index (κ2) is 6.14. The summed E-state index contributed by atoms with van der Waals surface area (Å²) in [5, 5.41) is 1.09. The normalized spacial score (nSPS) is 15.2. The minimum Gasteiger partial charge on any atom is -0.495 e. The summed E-state index contributed by atoms with van der Waals surface area (Å²) in [6, 6.07) is 11.5. The van der Waals surface area contributed by atoms with Crippen LogP contribution in [-0.2, 0) is 23.0 Å². The Balaban J connectivity index is 1.78. The molecule has 26 heavy (non-hydrogen) atoms. The fourth-order valence-electron chi connectivity index (χ4n) is 3.61. The third-order valence-electron chi connectivity index (χ3n) is 5.25. The van der Waals surface area contributed by atoms with Gasteiger partial charge in [0.15, 0.2) is 0 Å². The van der Waals surface area contributed by atoms with Crippen LogP contribution in [0.1, 0.15) is 22.4 Å². The van der Waals surface area contributed by atoms with E-state index >= 15 is 0 Å². The zero-order valence-corrected chi connectivity index (χ0v) is 16.0. The number of nitrogens with one attached hydrogen (secondary N) is 1. The van der Waals surface area contributed by atoms with E-state index in [9.17, 15) is 8.42 Å². The number of aromatic nitrogens is 1. The van der Waals surface area contributed by atoms with Gasteiger partial charge in [0, 0.05) is 36.1 Å². The summed E-state index contributed by atoms with van der Waals surface area (Å²) < 4.78 is 33.6. The molecule has 2 aromatic carbocycles. The van der Waals surface area contributed by atoms with Crippen molar-refractivity contribution in [2.24, 2.45) is 0 Å². The maximum atomic E-state index is 13.3. The van der Waals surface area contributed by atoms with Gasteiger partial charge in [-0.15, -0.1) is 0 Å². The zero-order chi connectivity index (χ0) is 18.5. The molecule has 0 amide bonds. The largest absolute Gasteiger partial charge is 0.495 e. The third-order valence-corrected chi connectivity index (χ3v) is 7.11. The predicted molar refractivity (Wildman–Crippen MR) is 102 cm³/mol. The van der Waals surface area contributed by atoms with Crippen LogP contribution in [0.4, 0.5) is 0 Å². The molecule has 0 aliphatic carbocycles. The minimum atomic E-state index is -3.64. The van der Waals surface area contributed by atoms with Gasteiger partial charge in [-0.25, -0.2) is 8.42 Å². The number of ether oxygens (including phenoxy) is 1. The van der Waals surface area contributed by atoms with E-state index in [1.54, 1.807) is 16.4 Å². The van der Waals surface area contributed by atoms with Crippen LogP contribution in [0.5, 0.6) is 5.75 Å². The number of sulfonamides is 1. The lowest BCUT2D eigenvalue weighted by molar-refractivity contribution is 0.377. The molecular formula is C20H22N2O3S. The van der Waals surface area contributed by atoms with Gasteiger partial charge in [-0.3, -0.25) is 0 Å². The highest BCUT2D eigenvalue weighted by atomic mass is 32.2. The van der Waals surface area contributed by atoms with Gasteiger partial charge in [-0.2, -0.15) is 4.31 Å². The van der Waals surface area contributed by atoms with Gasteiger partial charge in [-0.1, -0.05) is 18.2 Å². The fraction of sp³-hybridized carbons (Fsp3) is 0.300. The highest BCUT2D eigenvalue weighted by Gasteiger charge is 2.32. The van der Waals surface area contributed by atoms with E-state index in [1.807, 2.05) is 38.1 Å². The van der Waals surface area contributed by atoms with E-state index in [2.05, 4.69) is 4.98 Å². The lowest BCUT2D eigenvalue weighted by Crippen LogP contribution is -2.36. The van der Waals surface area contributed by atoms with Crippen molar-refractivity contribution in [2.45, 2.75) is 31.7 Å². The lowest BCUT2D eigenvalue weighted by atomic mass is 10.1. The van der Waals surface area contributed by atoms with Crippen LogP contribution in [0.25, 0.3) is 10.9 Å². The first-order chi connectivity index (χ1) is 12.4. The summed E-state index contributed by atoms with van der Waals surface area (Å²) in [6.45, 7) is 4.70. The summed E-state index contributed by atoms with van der Waals surface area (Å²) in [4.78, 5) is 3.66. The van der Waals surface area contributed by atoms with Crippen LogP contribution in [0.3, 0.4) is 0 Å². The number of fused-ring (bicyclic) bond motifs is 3. The summed E-state index contributed by atoms with van der Waals surface area (Å²) >= 11 is 0. The Morgan fingerprint density at radius 1 is 1.12 bits per heavy atom. The lowest BCUT2D eigenvalue weighted by Gasteiger charge is -2.27. The Kier molecular flexibility index (Phi) is 4.04. The van der Waals surface area contributed by atoms with Gasteiger partial charge < -0.3 is 9.72 Å². The fourth-order valence-corrected chi connectivity index (χ4v) is 5.24. The molecule has 0 fully saturated rings. The van der Waals surface area contributed by atoms with Crippen LogP contribution >= 0.6 is 0 Å². The standard InChI is InChI=1S/C20H22N2O3S/c1-13-10-19(25-3)20(11-14(13)2)26(23,24)22-9-8-18-16(12-22)15-6-4-5-7-17(15)21-18/h4-7,10-11,21H,8-9,12H2,1-3H3. The first-order valence-electron chi connectivity index (χ1n) is 8.65. The number of H-pyrrole nitrogens is 1. The first-order valence-corrected chi connectivity index (χ1v) is 10.1. The molecule has 1 aliphatic heterocycles. The molecule has 5 nitrogen and oxygen atoms in total. The molecule has 6 heteroatoms. The van der Waals surface area contributed by atoms with Crippen molar-refractivity contribution in [1.29, 1.82) is 0 Å². The smallest absolute Gasteiger partial charge is 0.247 e. The summed E-state index contributed by atoms with van der Waals surface area (Å²) in [6.07, 6.45) is 0.677. The Labute approximate surface area is 153 Å². The molecule has 4 rings (SSSR count).